The maximum absolute atomic E-state index is 5.79. The minimum Gasteiger partial charge on any atom is -0.376 e. The van der Waals surface area contributed by atoms with Gasteiger partial charge in [-0.25, -0.2) is 4.68 Å². The van der Waals surface area contributed by atoms with Crippen LogP contribution in [-0.2, 0) is 11.3 Å². The lowest BCUT2D eigenvalue weighted by atomic mass is 10.1. The maximum Gasteiger partial charge on any atom is 0.131 e. The third-order valence-electron chi connectivity index (χ3n) is 5.18. The monoisotopic (exact) mass is 341 g/mol. The summed E-state index contributed by atoms with van der Waals surface area (Å²) < 4.78 is 7.68. The highest BCUT2D eigenvalue weighted by molar-refractivity contribution is 5.61. The van der Waals surface area contributed by atoms with E-state index in [1.807, 2.05) is 17.1 Å². The number of aryl methyl sites for hydroxylation is 1. The molecule has 2 fully saturated rings. The predicted octanol–water partition coefficient (Wildman–Crippen LogP) is 3.06. The van der Waals surface area contributed by atoms with E-state index in [1.165, 1.54) is 31.4 Å². The van der Waals surface area contributed by atoms with Crippen molar-refractivity contribution < 1.29 is 4.74 Å². The van der Waals surface area contributed by atoms with Gasteiger partial charge in [-0.2, -0.15) is 0 Å². The number of rotatable bonds is 6. The van der Waals surface area contributed by atoms with Gasteiger partial charge in [-0.1, -0.05) is 5.21 Å². The van der Waals surface area contributed by atoms with Crippen LogP contribution in [-0.4, -0.2) is 46.3 Å². The number of aromatic nitrogens is 4. The third kappa shape index (κ3) is 4.00. The molecule has 1 saturated carbocycles. The SMILES string of the molecule is Cc1cc(N(C)CC2CC2)cnc1-c1cn(C[C@H]2CCCCO2)nn1. The summed E-state index contributed by atoms with van der Waals surface area (Å²) in [6.07, 6.45) is 10.4. The Hall–Kier alpha value is -1.95. The molecule has 3 heterocycles. The molecule has 2 aromatic heterocycles. The Morgan fingerprint density at radius 2 is 2.16 bits per heavy atom. The van der Waals surface area contributed by atoms with Crippen molar-refractivity contribution in [3.05, 3.63) is 24.0 Å². The van der Waals surface area contributed by atoms with Crippen molar-refractivity contribution in [2.24, 2.45) is 5.92 Å². The van der Waals surface area contributed by atoms with Crippen LogP contribution in [0.15, 0.2) is 18.5 Å². The summed E-state index contributed by atoms with van der Waals surface area (Å²) in [5.41, 5.74) is 4.07. The molecule has 0 bridgehead atoms. The zero-order chi connectivity index (χ0) is 17.2. The molecule has 134 valence electrons. The standard InChI is InChI=1S/C19H27N5O/c1-14-9-16(23(2)11-15-6-7-15)10-20-19(14)18-13-24(22-21-18)12-17-5-3-4-8-25-17/h9-10,13,15,17H,3-8,11-12H2,1-2H3/t17-/m1/s1. The molecule has 1 aliphatic heterocycles. The Labute approximate surface area is 149 Å². The number of pyridine rings is 1. The van der Waals surface area contributed by atoms with Crippen LogP contribution in [0.3, 0.4) is 0 Å². The lowest BCUT2D eigenvalue weighted by Crippen LogP contribution is -2.24. The molecule has 6 heteroatoms. The zero-order valence-corrected chi connectivity index (χ0v) is 15.2. The van der Waals surface area contributed by atoms with E-state index >= 15 is 0 Å². The lowest BCUT2D eigenvalue weighted by molar-refractivity contribution is 0.00370. The van der Waals surface area contributed by atoms with Gasteiger partial charge in [0, 0.05) is 20.2 Å². The average Bonchev–Trinajstić information content (AvgIpc) is 3.32. The number of nitrogens with zero attached hydrogens (tertiary/aromatic N) is 5. The largest absolute Gasteiger partial charge is 0.376 e. The van der Waals surface area contributed by atoms with E-state index in [9.17, 15) is 0 Å². The first-order valence-corrected chi connectivity index (χ1v) is 9.39. The molecule has 2 aliphatic rings. The van der Waals surface area contributed by atoms with Gasteiger partial charge in [0.25, 0.3) is 0 Å². The fourth-order valence-electron chi connectivity index (χ4n) is 3.49. The van der Waals surface area contributed by atoms with Gasteiger partial charge in [0.15, 0.2) is 0 Å². The Morgan fingerprint density at radius 3 is 2.88 bits per heavy atom. The van der Waals surface area contributed by atoms with E-state index < -0.39 is 0 Å². The van der Waals surface area contributed by atoms with Gasteiger partial charge in [-0.05, 0) is 56.6 Å². The van der Waals surface area contributed by atoms with Crippen LogP contribution in [0.2, 0.25) is 0 Å². The molecule has 1 atom stereocenters. The first-order chi connectivity index (χ1) is 12.2. The summed E-state index contributed by atoms with van der Waals surface area (Å²) in [4.78, 5) is 6.97. The first-order valence-electron chi connectivity index (χ1n) is 9.39. The van der Waals surface area contributed by atoms with Gasteiger partial charge in [-0.15, -0.1) is 5.10 Å². The maximum atomic E-state index is 5.79. The Kier molecular flexibility index (Phi) is 4.70. The summed E-state index contributed by atoms with van der Waals surface area (Å²) in [5.74, 6) is 0.867. The Morgan fingerprint density at radius 1 is 1.28 bits per heavy atom. The van der Waals surface area contributed by atoms with Crippen LogP contribution in [0.5, 0.6) is 0 Å². The van der Waals surface area contributed by atoms with Gasteiger partial charge in [0.1, 0.15) is 5.69 Å². The molecule has 25 heavy (non-hydrogen) atoms. The summed E-state index contributed by atoms with van der Waals surface area (Å²) >= 11 is 0. The highest BCUT2D eigenvalue weighted by Gasteiger charge is 2.23. The van der Waals surface area contributed by atoms with E-state index in [2.05, 4.69) is 40.2 Å². The molecule has 1 aliphatic carbocycles. The van der Waals surface area contributed by atoms with E-state index in [4.69, 9.17) is 4.74 Å². The van der Waals surface area contributed by atoms with E-state index in [0.29, 0.717) is 0 Å². The van der Waals surface area contributed by atoms with Gasteiger partial charge >= 0.3 is 0 Å². The fraction of sp³-hybridized carbons (Fsp3) is 0.632. The van der Waals surface area contributed by atoms with Crippen LogP contribution in [0.25, 0.3) is 11.4 Å². The quantitative estimate of drug-likeness (QED) is 0.808. The average molecular weight is 341 g/mol. The van der Waals surface area contributed by atoms with Crippen LogP contribution in [0.1, 0.15) is 37.7 Å². The molecule has 0 N–H and O–H groups in total. The minimum absolute atomic E-state index is 0.260. The number of hydrogen-bond acceptors (Lipinski definition) is 5. The van der Waals surface area contributed by atoms with Gasteiger partial charge in [-0.3, -0.25) is 4.98 Å². The van der Waals surface area contributed by atoms with E-state index in [1.54, 1.807) is 0 Å². The highest BCUT2D eigenvalue weighted by atomic mass is 16.5. The zero-order valence-electron chi connectivity index (χ0n) is 15.2. The second-order valence-corrected chi connectivity index (χ2v) is 7.50. The van der Waals surface area contributed by atoms with Crippen LogP contribution >= 0.6 is 0 Å². The fourth-order valence-corrected chi connectivity index (χ4v) is 3.49. The summed E-state index contributed by atoms with van der Waals surface area (Å²) in [6.45, 7) is 4.86. The van der Waals surface area contributed by atoms with E-state index in [-0.39, 0.29) is 6.10 Å². The molecule has 0 spiro atoms. The smallest absolute Gasteiger partial charge is 0.131 e. The second kappa shape index (κ2) is 7.12. The van der Waals surface area contributed by atoms with Crippen LogP contribution < -0.4 is 4.90 Å². The molecular weight excluding hydrogens is 314 g/mol. The highest BCUT2D eigenvalue weighted by Crippen LogP contribution is 2.31. The minimum atomic E-state index is 0.260. The summed E-state index contributed by atoms with van der Waals surface area (Å²) in [7, 11) is 2.15. The number of hydrogen-bond donors (Lipinski definition) is 0. The van der Waals surface area contributed by atoms with Gasteiger partial charge in [0.05, 0.1) is 36.4 Å². The van der Waals surface area contributed by atoms with Crippen LogP contribution in [0.4, 0.5) is 5.69 Å². The Balaban J connectivity index is 1.45. The molecule has 0 unspecified atom stereocenters. The van der Waals surface area contributed by atoms with E-state index in [0.717, 1.165) is 49.0 Å². The predicted molar refractivity (Wildman–Crippen MR) is 97.6 cm³/mol. The number of anilines is 1. The summed E-state index contributed by atoms with van der Waals surface area (Å²) in [5, 5.41) is 8.60. The van der Waals surface area contributed by atoms with Crippen molar-refractivity contribution in [1.82, 2.24) is 20.0 Å². The van der Waals surface area contributed by atoms with Crippen molar-refractivity contribution in [3.8, 4) is 11.4 Å². The summed E-state index contributed by atoms with van der Waals surface area (Å²) in [6, 6.07) is 2.20. The molecule has 0 aromatic carbocycles. The molecule has 4 rings (SSSR count). The molecular formula is C19H27N5O. The van der Waals surface area contributed by atoms with Crippen LogP contribution in [0, 0.1) is 12.8 Å². The molecule has 1 saturated heterocycles. The Bertz CT molecular complexity index is 718. The lowest BCUT2D eigenvalue weighted by Gasteiger charge is -2.21. The third-order valence-corrected chi connectivity index (χ3v) is 5.18. The van der Waals surface area contributed by atoms with Crippen molar-refractivity contribution in [2.75, 3.05) is 25.1 Å². The van der Waals surface area contributed by atoms with Crippen molar-refractivity contribution in [2.45, 2.75) is 51.7 Å². The molecule has 2 aromatic rings. The topological polar surface area (TPSA) is 56.1 Å². The first kappa shape index (κ1) is 16.5. The van der Waals surface area contributed by atoms with Crippen molar-refractivity contribution in [3.63, 3.8) is 0 Å². The van der Waals surface area contributed by atoms with Gasteiger partial charge < -0.3 is 9.64 Å². The molecule has 6 nitrogen and oxygen atoms in total. The van der Waals surface area contributed by atoms with Gasteiger partial charge in [0.2, 0.25) is 0 Å². The number of ether oxygens (including phenoxy) is 1. The van der Waals surface area contributed by atoms with Crippen molar-refractivity contribution >= 4 is 5.69 Å². The molecule has 0 amide bonds. The van der Waals surface area contributed by atoms with Crippen molar-refractivity contribution in [1.29, 1.82) is 0 Å². The second-order valence-electron chi connectivity index (χ2n) is 7.50. The molecule has 0 radical (unpaired) electrons. The normalized spacial score (nSPS) is 20.6.